The monoisotopic (exact) mass is 464 g/mol. The van der Waals surface area contributed by atoms with Crippen molar-refractivity contribution in [3.63, 3.8) is 0 Å². The van der Waals surface area contributed by atoms with E-state index < -0.39 is 16.2 Å². The molecule has 1 N–H and O–H groups in total. The number of halogens is 1. The Morgan fingerprint density at radius 2 is 1.94 bits per heavy atom. The number of hydrogen-bond acceptors (Lipinski definition) is 6. The van der Waals surface area contributed by atoms with E-state index in [2.05, 4.69) is 10.1 Å². The number of H-pyrrole nitrogens is 1. The zero-order chi connectivity index (χ0) is 23.5. The van der Waals surface area contributed by atoms with Gasteiger partial charge in [0.15, 0.2) is 0 Å². The standard InChI is InChI=1S/C23H17ClN4O5/c1-14-5-4-6-15(9-14)13-33-21-16(10-17(24)11-20(21)28(31)32)12-25-27-22(29)18-7-2-3-8-19(18)26-23(27)30/h2-12H,13H2,1H3,(H,26,30). The highest BCUT2D eigenvalue weighted by Gasteiger charge is 2.21. The molecule has 4 rings (SSSR count). The topological polar surface area (TPSA) is 120 Å². The third-order valence-corrected chi connectivity index (χ3v) is 5.04. The maximum atomic E-state index is 12.7. The first kappa shape index (κ1) is 22.0. The minimum atomic E-state index is -0.756. The van der Waals surface area contributed by atoms with Gasteiger partial charge in [0.05, 0.1) is 22.0 Å². The van der Waals surface area contributed by atoms with Crippen molar-refractivity contribution < 1.29 is 9.66 Å². The summed E-state index contributed by atoms with van der Waals surface area (Å²) in [6, 6.07) is 16.6. The fraction of sp³-hybridized carbons (Fsp3) is 0.0870. The Balaban J connectivity index is 1.78. The molecular formula is C23H17ClN4O5. The van der Waals surface area contributed by atoms with E-state index in [-0.39, 0.29) is 34.0 Å². The van der Waals surface area contributed by atoms with Crippen LogP contribution in [0.25, 0.3) is 10.9 Å². The molecule has 0 spiro atoms. The first-order chi connectivity index (χ1) is 15.8. The highest BCUT2D eigenvalue weighted by Crippen LogP contribution is 2.34. The van der Waals surface area contributed by atoms with Crippen molar-refractivity contribution in [1.29, 1.82) is 0 Å². The molecule has 0 aliphatic heterocycles. The van der Waals surface area contributed by atoms with Gasteiger partial charge in [-0.2, -0.15) is 5.10 Å². The molecule has 0 bridgehead atoms. The van der Waals surface area contributed by atoms with E-state index in [1.54, 1.807) is 24.3 Å². The van der Waals surface area contributed by atoms with Crippen molar-refractivity contribution in [2.24, 2.45) is 5.10 Å². The predicted molar refractivity (Wildman–Crippen MR) is 125 cm³/mol. The maximum Gasteiger partial charge on any atom is 0.349 e. The Kier molecular flexibility index (Phi) is 6.05. The smallest absolute Gasteiger partial charge is 0.349 e. The number of para-hydroxylation sites is 1. The van der Waals surface area contributed by atoms with E-state index in [1.165, 1.54) is 12.1 Å². The lowest BCUT2D eigenvalue weighted by atomic mass is 10.1. The van der Waals surface area contributed by atoms with Gasteiger partial charge in [0.2, 0.25) is 5.75 Å². The van der Waals surface area contributed by atoms with Crippen molar-refractivity contribution in [3.05, 3.63) is 113 Å². The summed E-state index contributed by atoms with van der Waals surface area (Å²) in [7, 11) is 0. The van der Waals surface area contributed by atoms with Crippen LogP contribution in [-0.4, -0.2) is 20.8 Å². The lowest BCUT2D eigenvalue weighted by Crippen LogP contribution is -2.32. The second-order valence-electron chi connectivity index (χ2n) is 7.22. The van der Waals surface area contributed by atoms with Crippen LogP contribution in [0.15, 0.2) is 75.4 Å². The third-order valence-electron chi connectivity index (χ3n) is 4.82. The molecule has 0 radical (unpaired) electrons. The molecule has 0 aliphatic rings. The molecule has 0 fully saturated rings. The van der Waals surface area contributed by atoms with Gasteiger partial charge in [0, 0.05) is 16.7 Å². The molecule has 0 atom stereocenters. The van der Waals surface area contributed by atoms with Crippen LogP contribution in [0.4, 0.5) is 5.69 Å². The third kappa shape index (κ3) is 4.68. The predicted octanol–water partition coefficient (Wildman–Crippen LogP) is 4.02. The average Bonchev–Trinajstić information content (AvgIpc) is 2.78. The van der Waals surface area contributed by atoms with Gasteiger partial charge in [-0.25, -0.2) is 4.79 Å². The van der Waals surface area contributed by atoms with Gasteiger partial charge in [0.25, 0.3) is 5.56 Å². The first-order valence-corrected chi connectivity index (χ1v) is 10.2. The molecule has 0 aliphatic carbocycles. The van der Waals surface area contributed by atoms with E-state index in [1.807, 2.05) is 31.2 Å². The number of nitrogens with zero attached hydrogens (tertiary/aromatic N) is 3. The highest BCUT2D eigenvalue weighted by molar-refractivity contribution is 6.31. The van der Waals surface area contributed by atoms with E-state index in [0.29, 0.717) is 10.2 Å². The lowest BCUT2D eigenvalue weighted by molar-refractivity contribution is -0.385. The van der Waals surface area contributed by atoms with Crippen molar-refractivity contribution in [3.8, 4) is 5.75 Å². The molecule has 9 nitrogen and oxygen atoms in total. The second kappa shape index (κ2) is 9.09. The Morgan fingerprint density at radius 1 is 1.15 bits per heavy atom. The second-order valence-corrected chi connectivity index (χ2v) is 7.65. The summed E-state index contributed by atoms with van der Waals surface area (Å²) in [4.78, 5) is 38.7. The number of fused-ring (bicyclic) bond motifs is 1. The number of hydrogen-bond donors (Lipinski definition) is 1. The largest absolute Gasteiger partial charge is 0.481 e. The molecule has 0 saturated heterocycles. The normalized spacial score (nSPS) is 11.2. The van der Waals surface area contributed by atoms with Crippen molar-refractivity contribution in [2.45, 2.75) is 13.5 Å². The van der Waals surface area contributed by atoms with Crippen LogP contribution < -0.4 is 16.0 Å². The zero-order valence-electron chi connectivity index (χ0n) is 17.3. The number of aromatic amines is 1. The quantitative estimate of drug-likeness (QED) is 0.262. The van der Waals surface area contributed by atoms with Crippen LogP contribution in [0.5, 0.6) is 5.75 Å². The molecule has 3 aromatic carbocycles. The summed E-state index contributed by atoms with van der Waals surface area (Å²) in [6.45, 7) is 1.98. The average molecular weight is 465 g/mol. The highest BCUT2D eigenvalue weighted by atomic mass is 35.5. The van der Waals surface area contributed by atoms with Gasteiger partial charge in [-0.15, -0.1) is 4.68 Å². The summed E-state index contributed by atoms with van der Waals surface area (Å²) >= 11 is 6.07. The van der Waals surface area contributed by atoms with Crippen LogP contribution >= 0.6 is 11.6 Å². The molecule has 1 heterocycles. The van der Waals surface area contributed by atoms with Crippen LogP contribution in [0.3, 0.4) is 0 Å². The van der Waals surface area contributed by atoms with Gasteiger partial charge in [-0.05, 0) is 30.7 Å². The van der Waals surface area contributed by atoms with Crippen LogP contribution in [-0.2, 0) is 6.61 Å². The van der Waals surface area contributed by atoms with Crippen LogP contribution in [0, 0.1) is 17.0 Å². The molecule has 166 valence electrons. The Hall–Kier alpha value is -4.24. The summed E-state index contributed by atoms with van der Waals surface area (Å²) in [5, 5.41) is 15.9. The van der Waals surface area contributed by atoms with E-state index >= 15 is 0 Å². The fourth-order valence-electron chi connectivity index (χ4n) is 3.32. The Bertz CT molecular complexity index is 1520. The maximum absolute atomic E-state index is 12.7. The molecule has 33 heavy (non-hydrogen) atoms. The number of nitrogens with one attached hydrogen (secondary N) is 1. The molecule has 1 aromatic heterocycles. The molecule has 0 saturated carbocycles. The lowest BCUT2D eigenvalue weighted by Gasteiger charge is -2.11. The number of aromatic nitrogens is 2. The number of rotatable bonds is 6. The van der Waals surface area contributed by atoms with Gasteiger partial charge < -0.3 is 9.72 Å². The van der Waals surface area contributed by atoms with Crippen molar-refractivity contribution >= 4 is 34.4 Å². The molecule has 4 aromatic rings. The van der Waals surface area contributed by atoms with Gasteiger partial charge in [0.1, 0.15) is 6.61 Å². The number of nitro groups is 1. The van der Waals surface area contributed by atoms with E-state index in [0.717, 1.165) is 17.3 Å². The number of nitro benzene ring substituents is 1. The Morgan fingerprint density at radius 3 is 2.70 bits per heavy atom. The summed E-state index contributed by atoms with van der Waals surface area (Å²) in [5.41, 5.74) is 0.581. The fourth-order valence-corrected chi connectivity index (χ4v) is 3.54. The molecule has 0 amide bonds. The number of benzene rings is 3. The summed E-state index contributed by atoms with van der Waals surface area (Å²) in [6.07, 6.45) is 1.13. The van der Waals surface area contributed by atoms with Gasteiger partial charge in [-0.3, -0.25) is 14.9 Å². The Labute approximate surface area is 191 Å². The molecule has 0 unspecified atom stereocenters. The van der Waals surface area contributed by atoms with Crippen LogP contribution in [0.2, 0.25) is 5.02 Å². The van der Waals surface area contributed by atoms with E-state index in [4.69, 9.17) is 16.3 Å². The van der Waals surface area contributed by atoms with Gasteiger partial charge in [-0.1, -0.05) is 53.6 Å². The zero-order valence-corrected chi connectivity index (χ0v) is 18.1. The summed E-state index contributed by atoms with van der Waals surface area (Å²) in [5.74, 6) is -0.0834. The number of aryl methyl sites for hydroxylation is 1. The molecule has 10 heteroatoms. The van der Waals surface area contributed by atoms with Crippen molar-refractivity contribution in [2.75, 3.05) is 0 Å². The first-order valence-electron chi connectivity index (χ1n) is 9.78. The molecular weight excluding hydrogens is 448 g/mol. The van der Waals surface area contributed by atoms with Crippen molar-refractivity contribution in [1.82, 2.24) is 9.66 Å². The van der Waals surface area contributed by atoms with Gasteiger partial charge >= 0.3 is 11.4 Å². The SMILES string of the molecule is Cc1cccc(COc2c(C=Nn3c(=O)[nH]c4ccccc4c3=O)cc(Cl)cc2[N+](=O)[O-])c1. The minimum Gasteiger partial charge on any atom is -0.481 e. The summed E-state index contributed by atoms with van der Waals surface area (Å²) < 4.78 is 6.42. The van der Waals surface area contributed by atoms with E-state index in [9.17, 15) is 19.7 Å². The minimum absolute atomic E-state index is 0.0570. The van der Waals surface area contributed by atoms with Crippen LogP contribution in [0.1, 0.15) is 16.7 Å². The number of ether oxygens (including phenoxy) is 1.